The standard InChI is InChI=1S/C24H39FO4/c1-13(4-7-19(27)28)15-5-6-16-20-17(9-11-23(15,16)2)24(3)10-8-14(26)12-18(24)21(25)22(20)29/h13-18,20-22,26,29H,4-12H2,1-3H3,(H,27,28)/t13-,14-,15-,16+,17+,18+,20+,21-,22+,23-,24-/m1/s1. The van der Waals surface area contributed by atoms with Gasteiger partial charge >= 0.3 is 5.97 Å². The number of aliphatic hydroxyl groups excluding tert-OH is 2. The molecule has 4 nitrogen and oxygen atoms in total. The lowest BCUT2D eigenvalue weighted by atomic mass is 9.43. The Bertz CT molecular complexity index is 640. The topological polar surface area (TPSA) is 77.8 Å². The van der Waals surface area contributed by atoms with Crippen molar-refractivity contribution in [1.82, 2.24) is 0 Å². The smallest absolute Gasteiger partial charge is 0.303 e. The van der Waals surface area contributed by atoms with Gasteiger partial charge < -0.3 is 15.3 Å². The molecule has 0 aromatic rings. The van der Waals surface area contributed by atoms with E-state index < -0.39 is 24.3 Å². The first-order valence-corrected chi connectivity index (χ1v) is 11.8. The van der Waals surface area contributed by atoms with Crippen LogP contribution < -0.4 is 0 Å². The molecule has 0 amide bonds. The van der Waals surface area contributed by atoms with Gasteiger partial charge in [0.05, 0.1) is 12.2 Å². The van der Waals surface area contributed by atoms with Gasteiger partial charge in [0.2, 0.25) is 0 Å². The second-order valence-electron chi connectivity index (χ2n) is 11.4. The van der Waals surface area contributed by atoms with Gasteiger partial charge in [0, 0.05) is 12.3 Å². The Hall–Kier alpha value is -0.680. The number of aliphatic carboxylic acids is 1. The molecular formula is C24H39FO4. The van der Waals surface area contributed by atoms with Crippen LogP contribution in [-0.4, -0.2) is 39.7 Å². The maximum atomic E-state index is 15.5. The molecule has 0 aromatic carbocycles. The van der Waals surface area contributed by atoms with E-state index in [0.717, 1.165) is 38.5 Å². The Morgan fingerprint density at radius 1 is 1.03 bits per heavy atom. The molecule has 0 spiro atoms. The normalized spacial score (nSPS) is 52.9. The molecule has 5 heteroatoms. The van der Waals surface area contributed by atoms with Crippen LogP contribution in [0.3, 0.4) is 0 Å². The molecule has 0 saturated heterocycles. The SMILES string of the molecule is C[C@H](CCC(=O)O)[C@H]1CC[C@H]2[C@@H]3[C@H](O)[C@H](F)[C@@H]4C[C@H](O)CC[C@]4(C)[C@H]3CC[C@]12C. The predicted octanol–water partition coefficient (Wildman–Crippen LogP) is 4.43. The first kappa shape index (κ1) is 21.5. The van der Waals surface area contributed by atoms with Crippen molar-refractivity contribution in [3.8, 4) is 0 Å². The van der Waals surface area contributed by atoms with Crippen LogP contribution >= 0.6 is 0 Å². The molecule has 0 bridgehead atoms. The summed E-state index contributed by atoms with van der Waals surface area (Å²) in [5.74, 6) is 0.464. The van der Waals surface area contributed by atoms with Gasteiger partial charge in [-0.15, -0.1) is 0 Å². The number of rotatable bonds is 4. The van der Waals surface area contributed by atoms with Crippen LogP contribution in [-0.2, 0) is 4.79 Å². The fraction of sp³-hybridized carbons (Fsp3) is 0.958. The quantitative estimate of drug-likeness (QED) is 0.641. The molecule has 0 heterocycles. The molecule has 4 fully saturated rings. The van der Waals surface area contributed by atoms with Crippen molar-refractivity contribution in [2.45, 2.75) is 96.9 Å². The van der Waals surface area contributed by atoms with Crippen LogP contribution in [0.4, 0.5) is 4.39 Å². The highest BCUT2D eigenvalue weighted by Gasteiger charge is 2.65. The Morgan fingerprint density at radius 3 is 2.38 bits per heavy atom. The van der Waals surface area contributed by atoms with Crippen LogP contribution in [0.1, 0.15) is 78.6 Å². The van der Waals surface area contributed by atoms with Gasteiger partial charge in [-0.05, 0) is 91.8 Å². The fourth-order valence-electron chi connectivity index (χ4n) is 8.72. The van der Waals surface area contributed by atoms with Crippen LogP contribution in [0.5, 0.6) is 0 Å². The first-order chi connectivity index (χ1) is 13.6. The van der Waals surface area contributed by atoms with Crippen molar-refractivity contribution in [1.29, 1.82) is 0 Å². The molecule has 0 aromatic heterocycles. The van der Waals surface area contributed by atoms with E-state index in [0.29, 0.717) is 36.5 Å². The van der Waals surface area contributed by atoms with Crippen LogP contribution in [0, 0.1) is 46.3 Å². The first-order valence-electron chi connectivity index (χ1n) is 11.8. The number of alkyl halides is 1. The van der Waals surface area contributed by atoms with Crippen molar-refractivity contribution in [2.75, 3.05) is 0 Å². The number of fused-ring (bicyclic) bond motifs is 5. The lowest BCUT2D eigenvalue weighted by Gasteiger charge is -2.63. The molecule has 4 aliphatic carbocycles. The Kier molecular flexibility index (Phi) is 5.55. The third-order valence-electron chi connectivity index (χ3n) is 10.2. The van der Waals surface area contributed by atoms with E-state index in [2.05, 4.69) is 20.8 Å². The average molecular weight is 411 g/mol. The van der Waals surface area contributed by atoms with Crippen molar-refractivity contribution in [3.05, 3.63) is 0 Å². The summed E-state index contributed by atoms with van der Waals surface area (Å²) in [6.07, 6.45) is 4.57. The summed E-state index contributed by atoms with van der Waals surface area (Å²) in [4.78, 5) is 11.0. The monoisotopic (exact) mass is 410 g/mol. The molecule has 0 unspecified atom stereocenters. The number of aliphatic hydroxyl groups is 2. The molecule has 11 atom stereocenters. The lowest BCUT2D eigenvalue weighted by Crippen LogP contribution is -2.63. The van der Waals surface area contributed by atoms with E-state index in [-0.39, 0.29) is 29.1 Å². The minimum Gasteiger partial charge on any atom is -0.481 e. The van der Waals surface area contributed by atoms with Gasteiger partial charge in [-0.3, -0.25) is 4.79 Å². The molecule has 3 N–H and O–H groups in total. The molecule has 166 valence electrons. The van der Waals surface area contributed by atoms with Gasteiger partial charge in [-0.1, -0.05) is 20.8 Å². The molecule has 29 heavy (non-hydrogen) atoms. The lowest BCUT2D eigenvalue weighted by molar-refractivity contribution is -0.206. The van der Waals surface area contributed by atoms with Gasteiger partial charge in [-0.2, -0.15) is 0 Å². The summed E-state index contributed by atoms with van der Waals surface area (Å²) in [5, 5.41) is 30.4. The largest absolute Gasteiger partial charge is 0.481 e. The van der Waals surface area contributed by atoms with E-state index in [1.807, 2.05) is 0 Å². The van der Waals surface area contributed by atoms with Crippen molar-refractivity contribution in [3.63, 3.8) is 0 Å². The molecule has 4 saturated carbocycles. The number of halogens is 1. The minimum absolute atomic E-state index is 0.00285. The summed E-state index contributed by atoms with van der Waals surface area (Å²) < 4.78 is 15.5. The number of hydrogen-bond donors (Lipinski definition) is 3. The average Bonchev–Trinajstić information content (AvgIpc) is 3.02. The molecule has 4 aliphatic rings. The maximum Gasteiger partial charge on any atom is 0.303 e. The second kappa shape index (κ2) is 7.47. The van der Waals surface area contributed by atoms with Crippen molar-refractivity contribution >= 4 is 5.97 Å². The maximum absolute atomic E-state index is 15.5. The highest BCUT2D eigenvalue weighted by atomic mass is 19.1. The van der Waals surface area contributed by atoms with Crippen molar-refractivity contribution < 1.29 is 24.5 Å². The summed E-state index contributed by atoms with van der Waals surface area (Å²) in [7, 11) is 0. The van der Waals surface area contributed by atoms with Gasteiger partial charge in [0.15, 0.2) is 0 Å². The number of hydrogen-bond acceptors (Lipinski definition) is 3. The Labute approximate surface area is 174 Å². The summed E-state index contributed by atoms with van der Waals surface area (Å²) in [6.45, 7) is 6.74. The van der Waals surface area contributed by atoms with Crippen LogP contribution in [0.25, 0.3) is 0 Å². The van der Waals surface area contributed by atoms with E-state index in [1.54, 1.807) is 0 Å². The third kappa shape index (κ3) is 3.26. The Morgan fingerprint density at radius 2 is 1.69 bits per heavy atom. The molecular weight excluding hydrogens is 371 g/mol. The highest BCUT2D eigenvalue weighted by Crippen LogP contribution is 2.68. The van der Waals surface area contributed by atoms with E-state index in [1.165, 1.54) is 0 Å². The number of carboxylic acid groups (broad SMARTS) is 1. The second-order valence-corrected chi connectivity index (χ2v) is 11.4. The minimum atomic E-state index is -1.25. The summed E-state index contributed by atoms with van der Waals surface area (Å²) in [5.41, 5.74) is -0.0615. The zero-order chi connectivity index (χ0) is 21.1. The highest BCUT2D eigenvalue weighted by molar-refractivity contribution is 5.66. The van der Waals surface area contributed by atoms with Crippen LogP contribution in [0.2, 0.25) is 0 Å². The van der Waals surface area contributed by atoms with Crippen LogP contribution in [0.15, 0.2) is 0 Å². The molecule has 4 rings (SSSR count). The zero-order valence-electron chi connectivity index (χ0n) is 18.2. The predicted molar refractivity (Wildman–Crippen MR) is 109 cm³/mol. The van der Waals surface area contributed by atoms with Crippen molar-refractivity contribution in [2.24, 2.45) is 46.3 Å². The van der Waals surface area contributed by atoms with E-state index in [4.69, 9.17) is 5.11 Å². The van der Waals surface area contributed by atoms with Gasteiger partial charge in [0.1, 0.15) is 6.17 Å². The number of carboxylic acids is 1. The van der Waals surface area contributed by atoms with E-state index >= 15 is 4.39 Å². The molecule has 0 aliphatic heterocycles. The summed E-state index contributed by atoms with van der Waals surface area (Å²) >= 11 is 0. The summed E-state index contributed by atoms with van der Waals surface area (Å²) in [6, 6.07) is 0. The van der Waals surface area contributed by atoms with Gasteiger partial charge in [-0.25, -0.2) is 4.39 Å². The Balaban J connectivity index is 1.59. The third-order valence-corrected chi connectivity index (χ3v) is 10.2. The molecule has 0 radical (unpaired) electrons. The number of carbonyl (C=O) groups is 1. The van der Waals surface area contributed by atoms with Gasteiger partial charge in [0.25, 0.3) is 0 Å². The zero-order valence-corrected chi connectivity index (χ0v) is 18.2. The van der Waals surface area contributed by atoms with E-state index in [9.17, 15) is 15.0 Å². The fourth-order valence-corrected chi connectivity index (χ4v) is 8.72.